The minimum atomic E-state index is 0.481. The Morgan fingerprint density at radius 3 is 2.50 bits per heavy atom. The van der Waals surface area contributed by atoms with E-state index >= 15 is 0 Å². The van der Waals surface area contributed by atoms with Gasteiger partial charge in [0.15, 0.2) is 0 Å². The Bertz CT molecular complexity index is 462. The van der Waals surface area contributed by atoms with Crippen molar-refractivity contribution in [2.75, 3.05) is 63.4 Å². The summed E-state index contributed by atoms with van der Waals surface area (Å²) in [5, 5.41) is 0. The topological polar surface area (TPSA) is 66.2 Å². The molecule has 0 bridgehead atoms. The number of hydrogen-bond acceptors (Lipinski definition) is 6. The molecule has 1 aliphatic rings. The number of benzene rings is 1. The van der Waals surface area contributed by atoms with E-state index in [0.29, 0.717) is 37.9 Å². The summed E-state index contributed by atoms with van der Waals surface area (Å²) in [5.41, 5.74) is 7.66. The molecule has 1 fully saturated rings. The number of morpholine rings is 1. The van der Waals surface area contributed by atoms with Gasteiger partial charge in [0.05, 0.1) is 37.8 Å². The largest absolute Gasteiger partial charge is 0.492 e. The fourth-order valence-electron chi connectivity index (χ4n) is 2.37. The maximum atomic E-state index is 6.08. The average molecular weight is 310 g/mol. The molecule has 2 N–H and O–H groups in total. The maximum absolute atomic E-state index is 6.08. The lowest BCUT2D eigenvalue weighted by Gasteiger charge is -2.30. The summed E-state index contributed by atoms with van der Waals surface area (Å²) in [6, 6.07) is 3.79. The van der Waals surface area contributed by atoms with Crippen LogP contribution in [0.2, 0.25) is 0 Å². The fourth-order valence-corrected chi connectivity index (χ4v) is 2.37. The number of ether oxygens (including phenoxy) is 4. The minimum Gasteiger partial charge on any atom is -0.492 e. The molecule has 1 heterocycles. The molecule has 2 rings (SSSR count). The maximum Gasteiger partial charge on any atom is 0.144 e. The lowest BCUT2D eigenvalue weighted by atomic mass is 10.2. The molecule has 0 spiro atoms. The second-order valence-corrected chi connectivity index (χ2v) is 4.94. The highest BCUT2D eigenvalue weighted by Gasteiger charge is 2.18. The molecular formula is C16H26N2O4. The number of hydrogen-bond donors (Lipinski definition) is 1. The summed E-state index contributed by atoms with van der Waals surface area (Å²) in [7, 11) is 0. The summed E-state index contributed by atoms with van der Waals surface area (Å²) in [6.45, 7) is 9.35. The normalized spacial score (nSPS) is 14.9. The molecule has 6 nitrogen and oxygen atoms in total. The number of nitrogens with two attached hydrogens (primary N) is 1. The Balaban J connectivity index is 2.15. The molecule has 22 heavy (non-hydrogen) atoms. The third-order valence-electron chi connectivity index (χ3n) is 3.43. The molecule has 0 atom stereocenters. The van der Waals surface area contributed by atoms with Crippen LogP contribution in [-0.2, 0) is 9.47 Å². The van der Waals surface area contributed by atoms with E-state index < -0.39 is 0 Å². The molecular weight excluding hydrogens is 284 g/mol. The van der Waals surface area contributed by atoms with Crippen molar-refractivity contribution < 1.29 is 18.9 Å². The number of anilines is 2. The van der Waals surface area contributed by atoms with Gasteiger partial charge < -0.3 is 29.6 Å². The minimum absolute atomic E-state index is 0.481. The first-order valence-electron chi connectivity index (χ1n) is 7.85. The zero-order chi connectivity index (χ0) is 15.8. The third-order valence-corrected chi connectivity index (χ3v) is 3.43. The van der Waals surface area contributed by atoms with Crippen LogP contribution in [0.4, 0.5) is 11.4 Å². The molecule has 0 unspecified atom stereocenters. The second-order valence-electron chi connectivity index (χ2n) is 4.94. The van der Waals surface area contributed by atoms with Crippen molar-refractivity contribution in [2.24, 2.45) is 0 Å². The first-order valence-corrected chi connectivity index (χ1v) is 7.85. The molecule has 0 aromatic heterocycles. The Morgan fingerprint density at radius 2 is 1.82 bits per heavy atom. The van der Waals surface area contributed by atoms with Crippen LogP contribution in [0.3, 0.4) is 0 Å². The smallest absolute Gasteiger partial charge is 0.144 e. The van der Waals surface area contributed by atoms with Crippen molar-refractivity contribution in [1.82, 2.24) is 0 Å². The zero-order valence-electron chi connectivity index (χ0n) is 13.5. The lowest BCUT2D eigenvalue weighted by Crippen LogP contribution is -2.36. The first kappa shape index (κ1) is 16.7. The number of rotatable bonds is 8. The van der Waals surface area contributed by atoms with Gasteiger partial charge in [0, 0.05) is 31.8 Å². The van der Waals surface area contributed by atoms with Gasteiger partial charge in [0.1, 0.15) is 18.1 Å². The van der Waals surface area contributed by atoms with Gasteiger partial charge in [-0.1, -0.05) is 0 Å². The molecule has 6 heteroatoms. The van der Waals surface area contributed by atoms with Crippen molar-refractivity contribution in [3.8, 4) is 11.5 Å². The van der Waals surface area contributed by atoms with Gasteiger partial charge in [-0.3, -0.25) is 0 Å². The van der Waals surface area contributed by atoms with Crippen molar-refractivity contribution in [3.63, 3.8) is 0 Å². The zero-order valence-corrected chi connectivity index (χ0v) is 13.5. The highest BCUT2D eigenvalue weighted by Crippen LogP contribution is 2.37. The Kier molecular flexibility index (Phi) is 6.61. The standard InChI is InChI=1S/C16H26N2O4/c1-3-19-9-10-22-15-12-14(18-5-7-20-8-6-18)16(21-4-2)11-13(15)17/h11-12H,3-10,17H2,1-2H3. The van der Waals surface area contributed by atoms with Crippen molar-refractivity contribution in [1.29, 1.82) is 0 Å². The summed E-state index contributed by atoms with van der Waals surface area (Å²) < 4.78 is 22.2. The molecule has 1 aromatic carbocycles. The molecule has 0 saturated carbocycles. The average Bonchev–Trinajstić information content (AvgIpc) is 2.54. The van der Waals surface area contributed by atoms with Crippen molar-refractivity contribution in [3.05, 3.63) is 12.1 Å². The fraction of sp³-hybridized carbons (Fsp3) is 0.625. The monoisotopic (exact) mass is 310 g/mol. The van der Waals surface area contributed by atoms with E-state index in [1.165, 1.54) is 0 Å². The van der Waals surface area contributed by atoms with Crippen LogP contribution < -0.4 is 20.1 Å². The van der Waals surface area contributed by atoms with Gasteiger partial charge >= 0.3 is 0 Å². The van der Waals surface area contributed by atoms with Gasteiger partial charge in [0.2, 0.25) is 0 Å². The van der Waals surface area contributed by atoms with Gasteiger partial charge in [-0.2, -0.15) is 0 Å². The molecule has 124 valence electrons. The van der Waals surface area contributed by atoms with Crippen LogP contribution in [0.15, 0.2) is 12.1 Å². The van der Waals surface area contributed by atoms with Crippen LogP contribution in [-0.4, -0.2) is 52.7 Å². The molecule has 1 saturated heterocycles. The first-order chi connectivity index (χ1) is 10.8. The number of nitrogen functional groups attached to an aromatic ring is 1. The van der Waals surface area contributed by atoms with E-state index in [2.05, 4.69) is 4.90 Å². The second kappa shape index (κ2) is 8.70. The van der Waals surface area contributed by atoms with Crippen LogP contribution in [0.5, 0.6) is 11.5 Å². The summed E-state index contributed by atoms with van der Waals surface area (Å²) in [6.07, 6.45) is 0. The Morgan fingerprint density at radius 1 is 1.05 bits per heavy atom. The molecule has 1 aliphatic heterocycles. The Hall–Kier alpha value is -1.66. The van der Waals surface area contributed by atoms with Crippen LogP contribution in [0.1, 0.15) is 13.8 Å². The summed E-state index contributed by atoms with van der Waals surface area (Å²) in [4.78, 5) is 2.24. The Labute approximate surface area is 132 Å². The van der Waals surface area contributed by atoms with Gasteiger partial charge in [-0.15, -0.1) is 0 Å². The molecule has 0 radical (unpaired) electrons. The van der Waals surface area contributed by atoms with Gasteiger partial charge in [-0.25, -0.2) is 0 Å². The van der Waals surface area contributed by atoms with Crippen LogP contribution >= 0.6 is 0 Å². The van der Waals surface area contributed by atoms with E-state index in [0.717, 1.165) is 37.7 Å². The predicted octanol–water partition coefficient (Wildman–Crippen LogP) is 1.92. The van der Waals surface area contributed by atoms with Crippen molar-refractivity contribution in [2.45, 2.75) is 13.8 Å². The van der Waals surface area contributed by atoms with Crippen LogP contribution in [0.25, 0.3) is 0 Å². The third kappa shape index (κ3) is 4.42. The highest BCUT2D eigenvalue weighted by atomic mass is 16.5. The van der Waals surface area contributed by atoms with E-state index in [1.54, 1.807) is 0 Å². The lowest BCUT2D eigenvalue weighted by molar-refractivity contribution is 0.110. The highest BCUT2D eigenvalue weighted by molar-refractivity contribution is 5.70. The van der Waals surface area contributed by atoms with Crippen LogP contribution in [0, 0.1) is 0 Å². The predicted molar refractivity (Wildman–Crippen MR) is 87.0 cm³/mol. The molecule has 0 amide bonds. The van der Waals surface area contributed by atoms with Gasteiger partial charge in [-0.05, 0) is 13.8 Å². The van der Waals surface area contributed by atoms with E-state index in [9.17, 15) is 0 Å². The van der Waals surface area contributed by atoms with E-state index in [-0.39, 0.29) is 0 Å². The molecule has 0 aliphatic carbocycles. The molecule has 1 aromatic rings. The number of nitrogens with zero attached hydrogens (tertiary/aromatic N) is 1. The van der Waals surface area contributed by atoms with Gasteiger partial charge in [0.25, 0.3) is 0 Å². The summed E-state index contributed by atoms with van der Waals surface area (Å²) in [5.74, 6) is 1.46. The van der Waals surface area contributed by atoms with Crippen molar-refractivity contribution >= 4 is 11.4 Å². The summed E-state index contributed by atoms with van der Waals surface area (Å²) >= 11 is 0. The van der Waals surface area contributed by atoms with E-state index in [1.807, 2.05) is 26.0 Å². The quantitative estimate of drug-likeness (QED) is 0.584. The van der Waals surface area contributed by atoms with E-state index in [4.69, 9.17) is 24.7 Å². The SMILES string of the molecule is CCOCCOc1cc(N2CCOCC2)c(OCC)cc1N.